The van der Waals surface area contributed by atoms with E-state index in [0.717, 1.165) is 12.0 Å². The van der Waals surface area contributed by atoms with Crippen LogP contribution in [-0.2, 0) is 16.0 Å². The fourth-order valence-corrected chi connectivity index (χ4v) is 5.61. The van der Waals surface area contributed by atoms with E-state index in [1.165, 1.54) is 4.88 Å². The lowest BCUT2D eigenvalue weighted by atomic mass is 10.0. The molecule has 1 aromatic heterocycles. The van der Waals surface area contributed by atoms with Gasteiger partial charge in [-0.05, 0) is 60.2 Å². The third-order valence-electron chi connectivity index (χ3n) is 6.34. The van der Waals surface area contributed by atoms with Crippen molar-refractivity contribution in [3.8, 4) is 11.5 Å². The second-order valence-corrected chi connectivity index (χ2v) is 10.1. The molecule has 37 heavy (non-hydrogen) atoms. The molecule has 0 bridgehead atoms. The molecule has 1 atom stereocenters. The molecule has 0 fully saturated rings. The van der Waals surface area contributed by atoms with Crippen LogP contribution < -0.4 is 9.47 Å². The van der Waals surface area contributed by atoms with Gasteiger partial charge < -0.3 is 24.0 Å². The van der Waals surface area contributed by atoms with E-state index in [-0.39, 0.29) is 31.0 Å². The molecule has 2 heterocycles. The Morgan fingerprint density at radius 3 is 2.68 bits per heavy atom. The van der Waals surface area contributed by atoms with Crippen LogP contribution in [0.15, 0.2) is 60.0 Å². The summed E-state index contributed by atoms with van der Waals surface area (Å²) in [5.41, 5.74) is 1.54. The van der Waals surface area contributed by atoms with Gasteiger partial charge in [-0.25, -0.2) is 0 Å². The molecule has 0 saturated heterocycles. The van der Waals surface area contributed by atoms with Crippen LogP contribution in [0.3, 0.4) is 0 Å². The van der Waals surface area contributed by atoms with Crippen LogP contribution in [0.25, 0.3) is 0 Å². The average molecular weight is 543 g/mol. The van der Waals surface area contributed by atoms with Gasteiger partial charge in [0.05, 0.1) is 13.2 Å². The molecule has 196 valence electrons. The van der Waals surface area contributed by atoms with E-state index in [4.69, 9.17) is 25.8 Å². The van der Waals surface area contributed by atoms with Gasteiger partial charge in [0.15, 0.2) is 11.5 Å². The summed E-state index contributed by atoms with van der Waals surface area (Å²) in [7, 11) is 3.22. The van der Waals surface area contributed by atoms with Crippen molar-refractivity contribution in [1.82, 2.24) is 9.80 Å². The van der Waals surface area contributed by atoms with Crippen LogP contribution >= 0.6 is 22.9 Å². The minimum atomic E-state index is -0.269. The molecule has 0 saturated carbocycles. The van der Waals surface area contributed by atoms with Crippen LogP contribution in [0.5, 0.6) is 11.5 Å². The number of carbonyl (C=O) groups excluding carboxylic acids is 2. The SMILES string of the molecule is COCCCN(CC(=O)N1CCc2sccc2[C@@H]1COc1ccccc1OC)C(=O)c1cccc(Cl)c1. The number of amides is 2. The number of hydrogen-bond donors (Lipinski definition) is 0. The van der Waals surface area contributed by atoms with Crippen molar-refractivity contribution in [3.63, 3.8) is 0 Å². The quantitative estimate of drug-likeness (QED) is 0.316. The Labute approximate surface area is 226 Å². The van der Waals surface area contributed by atoms with Crippen LogP contribution in [0.4, 0.5) is 0 Å². The lowest BCUT2D eigenvalue weighted by molar-refractivity contribution is -0.135. The van der Waals surface area contributed by atoms with Crippen LogP contribution in [0.1, 0.15) is 33.3 Å². The van der Waals surface area contributed by atoms with E-state index < -0.39 is 0 Å². The largest absolute Gasteiger partial charge is 0.493 e. The van der Waals surface area contributed by atoms with E-state index >= 15 is 0 Å². The van der Waals surface area contributed by atoms with Crippen LogP contribution in [0.2, 0.25) is 5.02 Å². The fourth-order valence-electron chi connectivity index (χ4n) is 4.49. The number of methoxy groups -OCH3 is 2. The molecule has 0 unspecified atom stereocenters. The number of hydrogen-bond acceptors (Lipinski definition) is 6. The van der Waals surface area contributed by atoms with E-state index in [2.05, 4.69) is 11.4 Å². The summed E-state index contributed by atoms with van der Waals surface area (Å²) in [5, 5.41) is 2.53. The summed E-state index contributed by atoms with van der Waals surface area (Å²) in [6, 6.07) is 16.0. The summed E-state index contributed by atoms with van der Waals surface area (Å²) in [6.07, 6.45) is 1.39. The van der Waals surface area contributed by atoms with Gasteiger partial charge in [0.25, 0.3) is 5.91 Å². The molecule has 9 heteroatoms. The Hall–Kier alpha value is -3.07. The molecule has 0 aliphatic carbocycles. The number of carbonyl (C=O) groups is 2. The number of para-hydroxylation sites is 2. The summed E-state index contributed by atoms with van der Waals surface area (Å²) in [5.74, 6) is 0.899. The highest BCUT2D eigenvalue weighted by Gasteiger charge is 2.33. The third-order valence-corrected chi connectivity index (χ3v) is 7.57. The van der Waals surface area contributed by atoms with E-state index in [1.54, 1.807) is 54.7 Å². The minimum absolute atomic E-state index is 0.0420. The maximum Gasteiger partial charge on any atom is 0.254 e. The van der Waals surface area contributed by atoms with Gasteiger partial charge in [-0.15, -0.1) is 11.3 Å². The smallest absolute Gasteiger partial charge is 0.254 e. The predicted molar refractivity (Wildman–Crippen MR) is 145 cm³/mol. The lowest BCUT2D eigenvalue weighted by Gasteiger charge is -2.37. The summed E-state index contributed by atoms with van der Waals surface area (Å²) in [6.45, 7) is 1.68. The molecule has 1 aliphatic heterocycles. The first-order valence-electron chi connectivity index (χ1n) is 12.2. The second kappa shape index (κ2) is 12.9. The van der Waals surface area contributed by atoms with E-state index in [1.807, 2.05) is 29.2 Å². The standard InChI is InChI=1S/C28H31ClN2O5S/c1-34-15-6-13-30(28(33)20-7-5-8-21(29)17-20)18-27(32)31-14-11-26-22(12-16-37-26)23(31)19-36-25-10-4-3-9-24(25)35-2/h3-5,7-10,12,16-17,23H,6,11,13-15,18-19H2,1-2H3/t23-/m0/s1. The number of thiophene rings is 1. The molecular formula is C28H31ClN2O5S. The summed E-state index contributed by atoms with van der Waals surface area (Å²) >= 11 is 7.82. The first-order valence-corrected chi connectivity index (χ1v) is 13.4. The molecule has 7 nitrogen and oxygen atoms in total. The Morgan fingerprint density at radius 2 is 1.92 bits per heavy atom. The van der Waals surface area contributed by atoms with Crippen molar-refractivity contribution in [1.29, 1.82) is 0 Å². The first kappa shape index (κ1) is 27.0. The Kier molecular flexibility index (Phi) is 9.44. The number of nitrogens with zero attached hydrogens (tertiary/aromatic N) is 2. The number of halogens is 1. The van der Waals surface area contributed by atoms with Crippen molar-refractivity contribution in [2.45, 2.75) is 18.9 Å². The topological polar surface area (TPSA) is 68.3 Å². The molecule has 0 spiro atoms. The number of ether oxygens (including phenoxy) is 3. The summed E-state index contributed by atoms with van der Waals surface area (Å²) < 4.78 is 16.8. The summed E-state index contributed by atoms with van der Waals surface area (Å²) in [4.78, 5) is 31.7. The van der Waals surface area contributed by atoms with Gasteiger partial charge in [-0.2, -0.15) is 0 Å². The number of fused-ring (bicyclic) bond motifs is 1. The van der Waals surface area contributed by atoms with Gasteiger partial charge in [0, 0.05) is 42.3 Å². The van der Waals surface area contributed by atoms with Crippen molar-refractivity contribution < 1.29 is 23.8 Å². The van der Waals surface area contributed by atoms with Crippen LogP contribution in [0, 0.1) is 0 Å². The maximum absolute atomic E-state index is 13.7. The minimum Gasteiger partial charge on any atom is -0.493 e. The molecule has 2 amide bonds. The fraction of sp³-hybridized carbons (Fsp3) is 0.357. The molecular weight excluding hydrogens is 512 g/mol. The molecule has 4 rings (SSSR count). The van der Waals surface area contributed by atoms with Crippen molar-refractivity contribution in [3.05, 3.63) is 81.0 Å². The van der Waals surface area contributed by atoms with Gasteiger partial charge >= 0.3 is 0 Å². The number of benzene rings is 2. The number of rotatable bonds is 11. The van der Waals surface area contributed by atoms with Crippen molar-refractivity contribution in [2.75, 3.05) is 47.1 Å². The first-order chi connectivity index (χ1) is 18.0. The monoisotopic (exact) mass is 542 g/mol. The van der Waals surface area contributed by atoms with Crippen LogP contribution in [-0.4, -0.2) is 68.7 Å². The normalized spacial score (nSPS) is 14.7. The third kappa shape index (κ3) is 6.63. The van der Waals surface area contributed by atoms with Gasteiger partial charge in [-0.1, -0.05) is 29.8 Å². The van der Waals surface area contributed by atoms with Crippen molar-refractivity contribution >= 4 is 34.8 Å². The predicted octanol–water partition coefficient (Wildman–Crippen LogP) is 5.09. The van der Waals surface area contributed by atoms with Gasteiger partial charge in [-0.3, -0.25) is 9.59 Å². The maximum atomic E-state index is 13.7. The van der Waals surface area contributed by atoms with Crippen molar-refractivity contribution in [2.24, 2.45) is 0 Å². The molecule has 0 radical (unpaired) electrons. The van der Waals surface area contributed by atoms with Gasteiger partial charge in [0.2, 0.25) is 5.91 Å². The molecule has 0 N–H and O–H groups in total. The highest BCUT2D eigenvalue weighted by molar-refractivity contribution is 7.10. The Bertz CT molecular complexity index is 1220. The Balaban J connectivity index is 1.54. The highest BCUT2D eigenvalue weighted by Crippen LogP contribution is 2.35. The Morgan fingerprint density at radius 1 is 1.11 bits per heavy atom. The van der Waals surface area contributed by atoms with Gasteiger partial charge in [0.1, 0.15) is 13.2 Å². The molecule has 3 aromatic rings. The molecule has 1 aliphatic rings. The zero-order valence-corrected chi connectivity index (χ0v) is 22.6. The highest BCUT2D eigenvalue weighted by atomic mass is 35.5. The molecule has 2 aromatic carbocycles. The lowest BCUT2D eigenvalue weighted by Crippen LogP contribution is -2.48. The average Bonchev–Trinajstić information content (AvgIpc) is 3.40. The van der Waals surface area contributed by atoms with E-state index in [9.17, 15) is 9.59 Å². The second-order valence-electron chi connectivity index (χ2n) is 8.70. The zero-order chi connectivity index (χ0) is 26.2. The van der Waals surface area contributed by atoms with E-state index in [0.29, 0.717) is 48.2 Å². The zero-order valence-electron chi connectivity index (χ0n) is 21.0.